The number of allylic oxidation sites excluding steroid dienone is 1. The Hall–Kier alpha value is -3.70. The molecule has 0 saturated carbocycles. The highest BCUT2D eigenvalue weighted by Crippen LogP contribution is 2.38. The van der Waals surface area contributed by atoms with E-state index in [9.17, 15) is 4.79 Å². The molecule has 0 radical (unpaired) electrons. The molecular formula is C28H26ClNO4. The highest BCUT2D eigenvalue weighted by atomic mass is 35.5. The molecule has 3 aromatic carbocycles. The molecule has 0 spiro atoms. The number of furan rings is 1. The van der Waals surface area contributed by atoms with Gasteiger partial charge in [-0.05, 0) is 61.7 Å². The van der Waals surface area contributed by atoms with Crippen molar-refractivity contribution in [3.8, 4) is 22.6 Å². The van der Waals surface area contributed by atoms with E-state index in [0.29, 0.717) is 22.2 Å². The number of carbonyl (C=O) groups excluding carboxylic acids is 1. The maximum Gasteiger partial charge on any atom is 0.248 e. The number of amides is 1. The maximum absolute atomic E-state index is 12.8. The van der Waals surface area contributed by atoms with Crippen LogP contribution in [-0.4, -0.2) is 20.1 Å². The van der Waals surface area contributed by atoms with Gasteiger partial charge in [0.2, 0.25) is 5.91 Å². The molecule has 0 fully saturated rings. The minimum absolute atomic E-state index is 0.304. The number of rotatable bonds is 6. The number of fused-ring (bicyclic) bond motifs is 1. The first-order chi connectivity index (χ1) is 16.3. The molecule has 0 atom stereocenters. The van der Waals surface area contributed by atoms with Crippen LogP contribution in [0.1, 0.15) is 23.6 Å². The lowest BCUT2D eigenvalue weighted by Gasteiger charge is -2.12. The summed E-state index contributed by atoms with van der Waals surface area (Å²) in [6.45, 7) is 6.03. The molecule has 1 aromatic heterocycles. The van der Waals surface area contributed by atoms with E-state index >= 15 is 0 Å². The van der Waals surface area contributed by atoms with Gasteiger partial charge in [-0.1, -0.05) is 35.4 Å². The van der Waals surface area contributed by atoms with Crippen LogP contribution < -0.4 is 14.8 Å². The van der Waals surface area contributed by atoms with Gasteiger partial charge in [0.1, 0.15) is 17.1 Å². The second kappa shape index (κ2) is 9.65. The largest absolute Gasteiger partial charge is 0.496 e. The lowest BCUT2D eigenvalue weighted by Crippen LogP contribution is -2.09. The summed E-state index contributed by atoms with van der Waals surface area (Å²) >= 11 is 6.08. The number of hydrogen-bond acceptors (Lipinski definition) is 4. The average molecular weight is 476 g/mol. The van der Waals surface area contributed by atoms with Gasteiger partial charge in [0.05, 0.1) is 26.2 Å². The lowest BCUT2D eigenvalue weighted by atomic mass is 9.96. The molecule has 0 aliphatic rings. The van der Waals surface area contributed by atoms with Crippen LogP contribution in [0, 0.1) is 13.8 Å². The number of aryl methyl sites for hydroxylation is 2. The molecule has 5 nitrogen and oxygen atoms in total. The Balaban J connectivity index is 1.73. The fourth-order valence-corrected chi connectivity index (χ4v) is 4.25. The summed E-state index contributed by atoms with van der Waals surface area (Å²) < 4.78 is 16.8. The SMILES string of the molecule is COc1ccc(Cl)cc1NC(=O)/C=C(\C)c1cc2c(-c3ccc(C)cc3C)coc2cc1OC. The van der Waals surface area contributed by atoms with E-state index in [1.807, 2.05) is 19.1 Å². The van der Waals surface area contributed by atoms with Gasteiger partial charge in [0, 0.05) is 33.7 Å². The number of benzene rings is 3. The van der Waals surface area contributed by atoms with Gasteiger partial charge in [-0.3, -0.25) is 4.79 Å². The van der Waals surface area contributed by atoms with Crippen molar-refractivity contribution in [2.75, 3.05) is 19.5 Å². The standard InChI is InChI=1S/C28H26ClNO4/c1-16-6-8-20(17(2)10-16)23-15-34-27-14-26(33-5)21(13-22(23)27)18(3)11-28(31)30-24-12-19(29)7-9-25(24)32-4/h6-15H,1-5H3,(H,30,31)/b18-11+. The minimum atomic E-state index is -0.304. The first-order valence-electron chi connectivity index (χ1n) is 10.8. The van der Waals surface area contributed by atoms with E-state index in [4.69, 9.17) is 25.5 Å². The predicted molar refractivity (Wildman–Crippen MR) is 138 cm³/mol. The van der Waals surface area contributed by atoms with E-state index in [2.05, 4.69) is 37.4 Å². The second-order valence-corrected chi connectivity index (χ2v) is 8.61. The van der Waals surface area contributed by atoms with Crippen molar-refractivity contribution in [1.82, 2.24) is 0 Å². The summed E-state index contributed by atoms with van der Waals surface area (Å²) in [5.41, 5.74) is 7.24. The van der Waals surface area contributed by atoms with E-state index in [1.54, 1.807) is 38.7 Å². The third-order valence-electron chi connectivity index (χ3n) is 5.76. The van der Waals surface area contributed by atoms with Gasteiger partial charge in [0.15, 0.2) is 0 Å². The first kappa shape index (κ1) is 23.5. The minimum Gasteiger partial charge on any atom is -0.496 e. The van der Waals surface area contributed by atoms with Crippen LogP contribution in [0.4, 0.5) is 5.69 Å². The maximum atomic E-state index is 12.8. The second-order valence-electron chi connectivity index (χ2n) is 8.18. The summed E-state index contributed by atoms with van der Waals surface area (Å²) in [7, 11) is 3.14. The highest BCUT2D eigenvalue weighted by Gasteiger charge is 2.16. The molecule has 0 unspecified atom stereocenters. The lowest BCUT2D eigenvalue weighted by molar-refractivity contribution is -0.111. The zero-order chi connectivity index (χ0) is 24.4. The number of ether oxygens (including phenoxy) is 2. The monoisotopic (exact) mass is 475 g/mol. The molecule has 0 aliphatic carbocycles. The van der Waals surface area contributed by atoms with Gasteiger partial charge in [0.25, 0.3) is 0 Å². The van der Waals surface area contributed by atoms with Gasteiger partial charge < -0.3 is 19.2 Å². The molecule has 0 saturated heterocycles. The predicted octanol–water partition coefficient (Wildman–Crippen LogP) is 7.43. The van der Waals surface area contributed by atoms with Crippen LogP contribution in [0.2, 0.25) is 5.02 Å². The van der Waals surface area contributed by atoms with Crippen molar-refractivity contribution in [2.24, 2.45) is 0 Å². The van der Waals surface area contributed by atoms with Crippen LogP contribution in [0.3, 0.4) is 0 Å². The Morgan fingerprint density at radius 2 is 1.74 bits per heavy atom. The molecule has 34 heavy (non-hydrogen) atoms. The Morgan fingerprint density at radius 3 is 2.44 bits per heavy atom. The summed E-state index contributed by atoms with van der Waals surface area (Å²) in [4.78, 5) is 12.8. The number of carbonyl (C=O) groups is 1. The third kappa shape index (κ3) is 4.66. The Kier molecular flexibility index (Phi) is 6.66. The Labute approximate surface area is 203 Å². The van der Waals surface area contributed by atoms with Crippen molar-refractivity contribution >= 4 is 39.7 Å². The number of halogens is 1. The molecule has 1 heterocycles. The van der Waals surface area contributed by atoms with E-state index in [1.165, 1.54) is 17.2 Å². The highest BCUT2D eigenvalue weighted by molar-refractivity contribution is 6.31. The van der Waals surface area contributed by atoms with Gasteiger partial charge in [-0.25, -0.2) is 0 Å². The van der Waals surface area contributed by atoms with Crippen molar-refractivity contribution in [1.29, 1.82) is 0 Å². The van der Waals surface area contributed by atoms with Crippen LogP contribution >= 0.6 is 11.6 Å². The van der Waals surface area contributed by atoms with Crippen LogP contribution in [0.15, 0.2) is 65.3 Å². The fourth-order valence-electron chi connectivity index (χ4n) is 4.08. The van der Waals surface area contributed by atoms with Crippen LogP contribution in [0.5, 0.6) is 11.5 Å². The molecule has 0 bridgehead atoms. The van der Waals surface area contributed by atoms with E-state index < -0.39 is 0 Å². The summed E-state index contributed by atoms with van der Waals surface area (Å²) in [5.74, 6) is 0.845. The smallest absolute Gasteiger partial charge is 0.248 e. The Bertz CT molecular complexity index is 1420. The summed E-state index contributed by atoms with van der Waals surface area (Å²) in [5, 5.41) is 4.29. The summed E-state index contributed by atoms with van der Waals surface area (Å²) in [6, 6.07) is 15.3. The number of nitrogens with one attached hydrogen (secondary N) is 1. The number of methoxy groups -OCH3 is 2. The van der Waals surface area contributed by atoms with Crippen molar-refractivity contribution in [2.45, 2.75) is 20.8 Å². The molecule has 1 N–H and O–H groups in total. The van der Waals surface area contributed by atoms with Gasteiger partial charge >= 0.3 is 0 Å². The fraction of sp³-hybridized carbons (Fsp3) is 0.179. The van der Waals surface area contributed by atoms with E-state index in [-0.39, 0.29) is 5.91 Å². The Morgan fingerprint density at radius 1 is 0.971 bits per heavy atom. The third-order valence-corrected chi connectivity index (χ3v) is 5.99. The van der Waals surface area contributed by atoms with Gasteiger partial charge in [-0.15, -0.1) is 0 Å². The molecular weight excluding hydrogens is 450 g/mol. The number of hydrogen-bond donors (Lipinski definition) is 1. The van der Waals surface area contributed by atoms with Crippen molar-refractivity contribution < 1.29 is 18.7 Å². The zero-order valence-corrected chi connectivity index (χ0v) is 20.5. The first-order valence-corrected chi connectivity index (χ1v) is 11.2. The van der Waals surface area contributed by atoms with Crippen molar-refractivity contribution in [3.05, 3.63) is 82.6 Å². The molecule has 6 heteroatoms. The summed E-state index contributed by atoms with van der Waals surface area (Å²) in [6.07, 6.45) is 3.30. The molecule has 174 valence electrons. The van der Waals surface area contributed by atoms with Crippen LogP contribution in [0.25, 0.3) is 27.7 Å². The molecule has 4 rings (SSSR count). The molecule has 1 amide bonds. The van der Waals surface area contributed by atoms with Crippen molar-refractivity contribution in [3.63, 3.8) is 0 Å². The normalized spacial score (nSPS) is 11.5. The molecule has 4 aromatic rings. The zero-order valence-electron chi connectivity index (χ0n) is 19.8. The quantitative estimate of drug-likeness (QED) is 0.294. The molecule has 0 aliphatic heterocycles. The van der Waals surface area contributed by atoms with Crippen LogP contribution in [-0.2, 0) is 4.79 Å². The topological polar surface area (TPSA) is 60.7 Å². The van der Waals surface area contributed by atoms with E-state index in [0.717, 1.165) is 33.2 Å². The van der Waals surface area contributed by atoms with Gasteiger partial charge in [-0.2, -0.15) is 0 Å². The number of anilines is 1. The average Bonchev–Trinajstić information content (AvgIpc) is 3.21.